The zero-order valence-corrected chi connectivity index (χ0v) is 12.2. The Hall–Kier alpha value is -2.24. The summed E-state index contributed by atoms with van der Waals surface area (Å²) < 4.78 is 0. The average molecular weight is 285 g/mol. The number of carbonyl (C=O) groups excluding carboxylic acids is 1. The summed E-state index contributed by atoms with van der Waals surface area (Å²) in [5.74, 6) is -0.198. The van der Waals surface area contributed by atoms with Gasteiger partial charge in [0.05, 0.1) is 17.9 Å². The molecule has 1 heterocycles. The lowest BCUT2D eigenvalue weighted by molar-refractivity contribution is 0.102. The minimum atomic E-state index is -0.198. The van der Waals surface area contributed by atoms with E-state index in [2.05, 4.69) is 10.3 Å². The smallest absolute Gasteiger partial charge is 0.257 e. The van der Waals surface area contributed by atoms with Gasteiger partial charge in [0.2, 0.25) is 0 Å². The van der Waals surface area contributed by atoms with Crippen molar-refractivity contribution in [2.24, 2.45) is 0 Å². The molecule has 1 aromatic carbocycles. The summed E-state index contributed by atoms with van der Waals surface area (Å²) in [6, 6.07) is 10.7. The predicted octanol–water partition coefficient (Wildman–Crippen LogP) is 1.89. The van der Waals surface area contributed by atoms with E-state index in [4.69, 9.17) is 5.11 Å². The van der Waals surface area contributed by atoms with Crippen LogP contribution in [0.4, 0.5) is 5.69 Å². The van der Waals surface area contributed by atoms with Crippen LogP contribution < -0.4 is 5.32 Å². The topological polar surface area (TPSA) is 65.5 Å². The molecule has 0 aliphatic rings. The zero-order chi connectivity index (χ0) is 15.2. The van der Waals surface area contributed by atoms with Gasteiger partial charge in [-0.2, -0.15) is 0 Å². The highest BCUT2D eigenvalue weighted by atomic mass is 16.3. The van der Waals surface area contributed by atoms with Crippen molar-refractivity contribution in [2.45, 2.75) is 13.2 Å². The molecule has 2 rings (SSSR count). The molecular weight excluding hydrogens is 266 g/mol. The summed E-state index contributed by atoms with van der Waals surface area (Å²) in [6.07, 6.45) is 1.58. The van der Waals surface area contributed by atoms with E-state index in [1.54, 1.807) is 36.5 Å². The molecule has 0 saturated heterocycles. The molecular formula is C16H19N3O2. The van der Waals surface area contributed by atoms with E-state index in [0.29, 0.717) is 11.3 Å². The highest BCUT2D eigenvalue weighted by molar-refractivity contribution is 6.04. The first-order valence-corrected chi connectivity index (χ1v) is 6.69. The molecule has 0 spiro atoms. The number of rotatable bonds is 5. The van der Waals surface area contributed by atoms with Crippen LogP contribution in [0.15, 0.2) is 42.6 Å². The molecule has 0 radical (unpaired) electrons. The van der Waals surface area contributed by atoms with E-state index in [0.717, 1.165) is 17.8 Å². The van der Waals surface area contributed by atoms with E-state index in [9.17, 15) is 4.79 Å². The second kappa shape index (κ2) is 6.97. The number of aliphatic hydroxyl groups excluding tert-OH is 1. The van der Waals surface area contributed by atoms with Crippen molar-refractivity contribution >= 4 is 11.6 Å². The molecule has 0 unspecified atom stereocenters. The monoisotopic (exact) mass is 285 g/mol. The molecule has 1 amide bonds. The third-order valence-electron chi connectivity index (χ3n) is 2.96. The van der Waals surface area contributed by atoms with Crippen LogP contribution >= 0.6 is 0 Å². The molecule has 21 heavy (non-hydrogen) atoms. The largest absolute Gasteiger partial charge is 0.392 e. The number of aliphatic hydroxyl groups is 1. The lowest BCUT2D eigenvalue weighted by Gasteiger charge is -2.09. The number of carbonyl (C=O) groups is 1. The number of nitrogens with one attached hydrogen (secondary N) is 1. The summed E-state index contributed by atoms with van der Waals surface area (Å²) in [7, 11) is 3.94. The Bertz CT molecular complexity index is 592. The van der Waals surface area contributed by atoms with Gasteiger partial charge in [-0.1, -0.05) is 12.1 Å². The van der Waals surface area contributed by atoms with Crippen molar-refractivity contribution in [3.8, 4) is 0 Å². The number of nitrogens with zero attached hydrogens (tertiary/aromatic N) is 2. The van der Waals surface area contributed by atoms with Crippen molar-refractivity contribution in [1.29, 1.82) is 0 Å². The second-order valence-corrected chi connectivity index (χ2v) is 5.09. The maximum Gasteiger partial charge on any atom is 0.257 e. The average Bonchev–Trinajstić information content (AvgIpc) is 2.48. The van der Waals surface area contributed by atoms with Gasteiger partial charge in [-0.25, -0.2) is 0 Å². The Balaban J connectivity index is 2.02. The molecule has 5 heteroatoms. The molecule has 0 aliphatic carbocycles. The van der Waals surface area contributed by atoms with E-state index in [1.165, 1.54) is 0 Å². The SMILES string of the molecule is CN(C)Cc1ccc(C(=O)Nc2ccc(CO)cc2)cn1. The summed E-state index contributed by atoms with van der Waals surface area (Å²) in [6.45, 7) is 0.732. The Morgan fingerprint density at radius 3 is 2.43 bits per heavy atom. The first-order valence-electron chi connectivity index (χ1n) is 6.69. The summed E-state index contributed by atoms with van der Waals surface area (Å²) in [4.78, 5) is 18.4. The fraction of sp³-hybridized carbons (Fsp3) is 0.250. The van der Waals surface area contributed by atoms with E-state index in [1.807, 2.05) is 25.1 Å². The van der Waals surface area contributed by atoms with Gasteiger partial charge in [0, 0.05) is 18.4 Å². The molecule has 110 valence electrons. The van der Waals surface area contributed by atoms with E-state index >= 15 is 0 Å². The summed E-state index contributed by atoms with van der Waals surface area (Å²) in [5, 5.41) is 11.8. The molecule has 2 N–H and O–H groups in total. The Morgan fingerprint density at radius 2 is 1.90 bits per heavy atom. The van der Waals surface area contributed by atoms with Gasteiger partial charge < -0.3 is 15.3 Å². The number of aromatic nitrogens is 1. The van der Waals surface area contributed by atoms with Crippen molar-refractivity contribution < 1.29 is 9.90 Å². The molecule has 0 saturated carbocycles. The summed E-state index contributed by atoms with van der Waals surface area (Å²) in [5.41, 5.74) is 2.94. The lowest BCUT2D eigenvalue weighted by Crippen LogP contribution is -2.14. The van der Waals surface area contributed by atoms with Gasteiger partial charge in [-0.05, 0) is 43.9 Å². The maximum absolute atomic E-state index is 12.1. The number of pyridine rings is 1. The molecule has 0 atom stereocenters. The van der Waals surface area contributed by atoms with E-state index < -0.39 is 0 Å². The number of anilines is 1. The summed E-state index contributed by atoms with van der Waals surface area (Å²) >= 11 is 0. The van der Waals surface area contributed by atoms with E-state index in [-0.39, 0.29) is 12.5 Å². The van der Waals surface area contributed by atoms with Crippen LogP contribution in [0.3, 0.4) is 0 Å². The Kier molecular flexibility index (Phi) is 5.03. The lowest BCUT2D eigenvalue weighted by atomic mass is 10.2. The highest BCUT2D eigenvalue weighted by Gasteiger charge is 2.07. The third-order valence-corrected chi connectivity index (χ3v) is 2.96. The predicted molar refractivity (Wildman–Crippen MR) is 81.9 cm³/mol. The second-order valence-electron chi connectivity index (χ2n) is 5.09. The van der Waals surface area contributed by atoms with Crippen molar-refractivity contribution in [2.75, 3.05) is 19.4 Å². The van der Waals surface area contributed by atoms with Gasteiger partial charge in [0.25, 0.3) is 5.91 Å². The van der Waals surface area contributed by atoms with Crippen molar-refractivity contribution in [3.63, 3.8) is 0 Å². The fourth-order valence-electron chi connectivity index (χ4n) is 1.87. The molecule has 0 aliphatic heterocycles. The molecule has 1 aromatic heterocycles. The van der Waals surface area contributed by atoms with Gasteiger partial charge in [-0.15, -0.1) is 0 Å². The first-order chi connectivity index (χ1) is 10.1. The quantitative estimate of drug-likeness (QED) is 0.880. The Morgan fingerprint density at radius 1 is 1.19 bits per heavy atom. The van der Waals surface area contributed by atoms with Crippen molar-refractivity contribution in [1.82, 2.24) is 9.88 Å². The highest BCUT2D eigenvalue weighted by Crippen LogP contribution is 2.11. The minimum Gasteiger partial charge on any atom is -0.392 e. The third kappa shape index (κ3) is 4.37. The van der Waals surface area contributed by atoms with Crippen molar-refractivity contribution in [3.05, 3.63) is 59.4 Å². The first kappa shape index (κ1) is 15.2. The number of benzene rings is 1. The van der Waals surface area contributed by atoms with Crippen LogP contribution in [0.25, 0.3) is 0 Å². The normalized spacial score (nSPS) is 10.7. The van der Waals surface area contributed by atoms with Gasteiger partial charge in [0.15, 0.2) is 0 Å². The van der Waals surface area contributed by atoms with Gasteiger partial charge in [0.1, 0.15) is 0 Å². The standard InChI is InChI=1S/C16H19N3O2/c1-19(2)10-15-8-5-13(9-17-15)16(21)18-14-6-3-12(11-20)4-7-14/h3-9,20H,10-11H2,1-2H3,(H,18,21). The van der Waals surface area contributed by atoms with Gasteiger partial charge in [-0.3, -0.25) is 9.78 Å². The fourth-order valence-corrected chi connectivity index (χ4v) is 1.87. The molecule has 0 fully saturated rings. The number of amides is 1. The van der Waals surface area contributed by atoms with Crippen LogP contribution in [0.1, 0.15) is 21.6 Å². The van der Waals surface area contributed by atoms with Gasteiger partial charge >= 0.3 is 0 Å². The molecule has 2 aromatic rings. The van der Waals surface area contributed by atoms with Crippen LogP contribution in [0.2, 0.25) is 0 Å². The number of hydrogen-bond acceptors (Lipinski definition) is 4. The van der Waals surface area contributed by atoms with Crippen LogP contribution in [-0.2, 0) is 13.2 Å². The number of hydrogen-bond donors (Lipinski definition) is 2. The maximum atomic E-state index is 12.1. The molecule has 5 nitrogen and oxygen atoms in total. The van der Waals surface area contributed by atoms with Crippen LogP contribution in [0, 0.1) is 0 Å². The van der Waals surface area contributed by atoms with Crippen LogP contribution in [-0.4, -0.2) is 35.0 Å². The Labute approximate surface area is 124 Å². The minimum absolute atomic E-state index is 0.00845. The molecule has 0 bridgehead atoms. The zero-order valence-electron chi connectivity index (χ0n) is 12.2. The van der Waals surface area contributed by atoms with Crippen LogP contribution in [0.5, 0.6) is 0 Å².